The van der Waals surface area contributed by atoms with Gasteiger partial charge in [-0.15, -0.1) is 0 Å². The van der Waals surface area contributed by atoms with Crippen LogP contribution in [0.5, 0.6) is 0 Å². The molecule has 7 nitrogen and oxygen atoms in total. The van der Waals surface area contributed by atoms with E-state index in [1.54, 1.807) is 12.3 Å². The summed E-state index contributed by atoms with van der Waals surface area (Å²) in [6, 6.07) is 2.69. The number of aromatic nitrogens is 5. The van der Waals surface area contributed by atoms with Crippen molar-refractivity contribution in [2.75, 3.05) is 36.0 Å². The zero-order valence-corrected chi connectivity index (χ0v) is 16.9. The van der Waals surface area contributed by atoms with E-state index < -0.39 is 24.8 Å². The van der Waals surface area contributed by atoms with Gasteiger partial charge in [0.05, 0.1) is 12.4 Å². The highest BCUT2D eigenvalue weighted by Crippen LogP contribution is 2.42. The monoisotopic (exact) mass is 453 g/mol. The zero-order chi connectivity index (χ0) is 22.5. The Morgan fingerprint density at radius 2 is 1.78 bits per heavy atom. The van der Waals surface area contributed by atoms with Gasteiger partial charge < -0.3 is 9.80 Å². The molecule has 2 aliphatic heterocycles. The van der Waals surface area contributed by atoms with E-state index >= 15 is 0 Å². The van der Waals surface area contributed by atoms with Gasteiger partial charge in [0.2, 0.25) is 0 Å². The van der Waals surface area contributed by atoms with E-state index in [0.29, 0.717) is 48.8 Å². The Kier molecular flexibility index (Phi) is 4.90. The summed E-state index contributed by atoms with van der Waals surface area (Å²) in [6.45, 7) is 2.11. The van der Waals surface area contributed by atoms with Gasteiger partial charge in [0, 0.05) is 43.5 Å². The number of nitrogens with zero attached hydrogens (tertiary/aromatic N) is 7. The number of anilines is 2. The third-order valence-corrected chi connectivity index (χ3v) is 6.24. The average molecular weight is 453 g/mol. The van der Waals surface area contributed by atoms with Gasteiger partial charge in [0.1, 0.15) is 23.6 Å². The molecule has 0 aliphatic carbocycles. The molecular weight excluding hydrogens is 433 g/mol. The fraction of sp³-hybridized carbons (Fsp3) is 0.500. The molecule has 5 rings (SSSR count). The lowest BCUT2D eigenvalue weighted by molar-refractivity contribution is -0.141. The number of rotatable bonds is 4. The lowest BCUT2D eigenvalue weighted by Gasteiger charge is -2.26. The molecular formula is C20H20F5N7. The van der Waals surface area contributed by atoms with Crippen LogP contribution in [0.25, 0.3) is 11.2 Å². The topological polar surface area (TPSA) is 63.0 Å². The van der Waals surface area contributed by atoms with Gasteiger partial charge in [-0.1, -0.05) is 0 Å². The molecule has 1 atom stereocenters. The first-order valence-electron chi connectivity index (χ1n) is 10.2. The van der Waals surface area contributed by atoms with Gasteiger partial charge in [-0.3, -0.25) is 4.98 Å². The molecule has 0 bridgehead atoms. The first-order chi connectivity index (χ1) is 15.2. The van der Waals surface area contributed by atoms with Crippen LogP contribution < -0.4 is 9.80 Å². The number of hydrogen-bond acceptors (Lipinski definition) is 6. The van der Waals surface area contributed by atoms with Crippen LogP contribution >= 0.6 is 0 Å². The van der Waals surface area contributed by atoms with Crippen LogP contribution in [0.1, 0.15) is 18.5 Å². The Hall–Kier alpha value is -3.05. The molecule has 2 fully saturated rings. The highest BCUT2D eigenvalue weighted by Gasteiger charge is 2.44. The van der Waals surface area contributed by atoms with Crippen molar-refractivity contribution < 1.29 is 22.0 Å². The maximum Gasteiger partial charge on any atom is 0.433 e. The summed E-state index contributed by atoms with van der Waals surface area (Å²) in [6.07, 6.45) is -1.11. The molecule has 1 unspecified atom stereocenters. The van der Waals surface area contributed by atoms with E-state index in [1.165, 1.54) is 12.4 Å². The second-order valence-corrected chi connectivity index (χ2v) is 8.39. The molecule has 0 aromatic carbocycles. The average Bonchev–Trinajstić information content (AvgIpc) is 3.47. The van der Waals surface area contributed by atoms with Gasteiger partial charge in [-0.25, -0.2) is 23.4 Å². The fourth-order valence-electron chi connectivity index (χ4n) is 4.65. The molecule has 0 amide bonds. The summed E-state index contributed by atoms with van der Waals surface area (Å²) in [5.74, 6) is 0.590. The Morgan fingerprint density at radius 3 is 2.53 bits per heavy atom. The first kappa shape index (κ1) is 20.8. The van der Waals surface area contributed by atoms with E-state index in [2.05, 4.69) is 25.0 Å². The van der Waals surface area contributed by atoms with Gasteiger partial charge in [-0.2, -0.15) is 18.3 Å². The van der Waals surface area contributed by atoms with E-state index in [-0.39, 0.29) is 5.41 Å². The van der Waals surface area contributed by atoms with Crippen LogP contribution in [0.3, 0.4) is 0 Å². The van der Waals surface area contributed by atoms with Crippen molar-refractivity contribution >= 4 is 22.7 Å². The molecule has 0 saturated carbocycles. The quantitative estimate of drug-likeness (QED) is 0.563. The summed E-state index contributed by atoms with van der Waals surface area (Å²) >= 11 is 0. The molecule has 2 saturated heterocycles. The predicted octanol–water partition coefficient (Wildman–Crippen LogP) is 3.61. The summed E-state index contributed by atoms with van der Waals surface area (Å²) in [7, 11) is 0. The number of halogens is 5. The van der Waals surface area contributed by atoms with Crippen LogP contribution in [-0.2, 0) is 12.7 Å². The van der Waals surface area contributed by atoms with Crippen molar-refractivity contribution in [3.8, 4) is 0 Å². The number of alkyl halides is 5. The zero-order valence-electron chi connectivity index (χ0n) is 16.9. The summed E-state index contributed by atoms with van der Waals surface area (Å²) in [4.78, 5) is 16.3. The first-order valence-corrected chi connectivity index (χ1v) is 10.2. The number of fused-ring (bicyclic) bond motifs is 1. The highest BCUT2D eigenvalue weighted by atomic mass is 19.4. The van der Waals surface area contributed by atoms with Crippen LogP contribution in [0.4, 0.5) is 33.5 Å². The van der Waals surface area contributed by atoms with E-state index in [9.17, 15) is 22.0 Å². The molecule has 0 radical (unpaired) electrons. The SMILES string of the molecule is FC(F)Cn1ncc2ncc(N3CCC4(CCN(c5ccnc(C(F)(F)F)c5)C4)C3)nc21. The van der Waals surface area contributed by atoms with Crippen LogP contribution in [0.15, 0.2) is 30.7 Å². The van der Waals surface area contributed by atoms with Crippen molar-refractivity contribution in [1.82, 2.24) is 24.7 Å². The Labute approximate surface area is 179 Å². The number of pyridine rings is 1. The van der Waals surface area contributed by atoms with Crippen molar-refractivity contribution in [2.45, 2.75) is 32.0 Å². The van der Waals surface area contributed by atoms with Crippen molar-refractivity contribution in [2.24, 2.45) is 5.41 Å². The minimum Gasteiger partial charge on any atom is -0.371 e. The second kappa shape index (κ2) is 7.52. The Balaban J connectivity index is 1.33. The fourth-order valence-corrected chi connectivity index (χ4v) is 4.65. The number of hydrogen-bond donors (Lipinski definition) is 0. The highest BCUT2D eigenvalue weighted by molar-refractivity contribution is 5.71. The molecule has 3 aromatic rings. The molecule has 5 heterocycles. The molecule has 2 aliphatic rings. The third-order valence-electron chi connectivity index (χ3n) is 6.24. The summed E-state index contributed by atoms with van der Waals surface area (Å²) in [5.41, 5.74) is 0.302. The van der Waals surface area contributed by atoms with Crippen molar-refractivity contribution in [3.63, 3.8) is 0 Å². The smallest absolute Gasteiger partial charge is 0.371 e. The maximum atomic E-state index is 13.0. The van der Waals surface area contributed by atoms with E-state index in [4.69, 9.17) is 0 Å². The predicted molar refractivity (Wildman–Crippen MR) is 107 cm³/mol. The van der Waals surface area contributed by atoms with Crippen molar-refractivity contribution in [1.29, 1.82) is 0 Å². The van der Waals surface area contributed by atoms with Crippen molar-refractivity contribution in [3.05, 3.63) is 36.4 Å². The lowest BCUT2D eigenvalue weighted by atomic mass is 9.86. The summed E-state index contributed by atoms with van der Waals surface area (Å²) < 4.78 is 65.8. The van der Waals surface area contributed by atoms with Crippen LogP contribution in [0, 0.1) is 5.41 Å². The molecule has 1 spiro atoms. The maximum absolute atomic E-state index is 13.0. The van der Waals surface area contributed by atoms with Gasteiger partial charge in [0.15, 0.2) is 5.65 Å². The molecule has 12 heteroatoms. The second-order valence-electron chi connectivity index (χ2n) is 8.39. The van der Waals surface area contributed by atoms with E-state index in [0.717, 1.165) is 23.6 Å². The van der Waals surface area contributed by atoms with Gasteiger partial charge in [0.25, 0.3) is 6.43 Å². The lowest BCUT2D eigenvalue weighted by Crippen LogP contribution is -2.31. The molecule has 32 heavy (non-hydrogen) atoms. The minimum atomic E-state index is -4.48. The molecule has 0 N–H and O–H groups in total. The standard InChI is InChI=1S/C20H20F5N7/c21-16(22)10-32-18-14(8-28-32)27-9-17(29-18)31-6-3-19(12-31)2-5-30(11-19)13-1-4-26-15(7-13)20(23,24)25/h1,4,7-9,16H,2-3,5-6,10-12H2. The largest absolute Gasteiger partial charge is 0.433 e. The van der Waals surface area contributed by atoms with E-state index in [1.807, 2.05) is 4.90 Å². The normalized spacial score (nSPS) is 21.6. The van der Waals surface area contributed by atoms with Gasteiger partial charge >= 0.3 is 6.18 Å². The van der Waals surface area contributed by atoms with Crippen LogP contribution in [-0.4, -0.2) is 57.3 Å². The minimum absolute atomic E-state index is 0.0818. The molecule has 170 valence electrons. The Bertz CT molecular complexity index is 1130. The summed E-state index contributed by atoms with van der Waals surface area (Å²) in [5, 5.41) is 3.94. The van der Waals surface area contributed by atoms with Crippen LogP contribution in [0.2, 0.25) is 0 Å². The Morgan fingerprint density at radius 1 is 1.03 bits per heavy atom. The molecule has 3 aromatic heterocycles. The van der Waals surface area contributed by atoms with Gasteiger partial charge in [-0.05, 0) is 25.0 Å². The third kappa shape index (κ3) is 3.82.